The molecule has 1 N–H and O–H groups in total. The van der Waals surface area contributed by atoms with Gasteiger partial charge in [0.2, 0.25) is 5.30 Å². The summed E-state index contributed by atoms with van der Waals surface area (Å²) >= 11 is 0. The molecule has 3 heteroatoms. The van der Waals surface area contributed by atoms with Crippen molar-refractivity contribution in [2.75, 3.05) is 5.32 Å². The molecule has 0 bridgehead atoms. The second-order valence-electron chi connectivity index (χ2n) is 3.53. The maximum absolute atomic E-state index is 10.9. The minimum Gasteiger partial charge on any atom is -0.379 e. The lowest BCUT2D eigenvalue weighted by atomic mass is 9.99. The zero-order valence-electron chi connectivity index (χ0n) is 7.63. The van der Waals surface area contributed by atoms with Crippen molar-refractivity contribution >= 4 is 19.5 Å². The van der Waals surface area contributed by atoms with E-state index in [4.69, 9.17) is 0 Å². The van der Waals surface area contributed by atoms with Crippen molar-refractivity contribution in [1.82, 2.24) is 0 Å². The van der Waals surface area contributed by atoms with Crippen molar-refractivity contribution in [1.29, 1.82) is 0 Å². The number of hydrogen-bond acceptors (Lipinski definition) is 2. The monoisotopic (exact) mass is 194 g/mol. The van der Waals surface area contributed by atoms with E-state index < -0.39 is 0 Å². The molecule has 2 rings (SSSR count). The minimum absolute atomic E-state index is 0.354. The van der Waals surface area contributed by atoms with Crippen LogP contribution in [0.3, 0.4) is 0 Å². The van der Waals surface area contributed by atoms with Gasteiger partial charge in [-0.25, -0.2) is 0 Å². The molecule has 0 fully saturated rings. The van der Waals surface area contributed by atoms with Crippen LogP contribution < -0.4 is 10.6 Å². The van der Waals surface area contributed by atoms with E-state index in [0.717, 1.165) is 17.4 Å². The zero-order valence-corrected chi connectivity index (χ0v) is 8.63. The molecule has 0 saturated heterocycles. The van der Waals surface area contributed by atoms with E-state index in [9.17, 15) is 4.57 Å². The summed E-state index contributed by atoms with van der Waals surface area (Å²) in [6.07, 6.45) is 2.26. The van der Waals surface area contributed by atoms with Crippen LogP contribution in [-0.4, -0.2) is 6.04 Å². The van der Waals surface area contributed by atoms with Crippen LogP contribution in [0.1, 0.15) is 18.9 Å². The van der Waals surface area contributed by atoms with Crippen LogP contribution in [-0.2, 0) is 11.0 Å². The van der Waals surface area contributed by atoms with Gasteiger partial charge in [0.1, 0.15) is 0 Å². The first kappa shape index (κ1) is 8.71. The molecule has 2 nitrogen and oxygen atoms in total. The van der Waals surface area contributed by atoms with Crippen LogP contribution in [0.25, 0.3) is 0 Å². The van der Waals surface area contributed by atoms with Crippen molar-refractivity contribution in [2.45, 2.75) is 25.8 Å². The molecule has 2 atom stereocenters. The maximum Gasteiger partial charge on any atom is 0.365 e. The van der Waals surface area contributed by atoms with Gasteiger partial charge in [0.05, 0.1) is 5.69 Å². The van der Waals surface area contributed by atoms with Crippen LogP contribution in [0, 0.1) is 0 Å². The molecule has 1 aromatic carbocycles. The molecule has 0 aromatic heterocycles. The Balaban J connectivity index is 2.46. The third kappa shape index (κ3) is 1.59. The van der Waals surface area contributed by atoms with Gasteiger partial charge in [-0.2, -0.15) is 0 Å². The molecule has 1 aliphatic rings. The van der Waals surface area contributed by atoms with E-state index in [2.05, 4.69) is 18.3 Å². The summed E-state index contributed by atoms with van der Waals surface area (Å²) in [5.74, 6) is 0. The largest absolute Gasteiger partial charge is 0.379 e. The lowest BCUT2D eigenvalue weighted by molar-refractivity contribution is 0.603. The quantitative estimate of drug-likeness (QED) is 0.693. The summed E-state index contributed by atoms with van der Waals surface area (Å²) in [5.41, 5.74) is 2.41. The van der Waals surface area contributed by atoms with Gasteiger partial charge >= 0.3 is 8.46 Å². The van der Waals surface area contributed by atoms with Crippen molar-refractivity contribution in [3.8, 4) is 0 Å². The molecule has 0 spiro atoms. The van der Waals surface area contributed by atoms with Crippen LogP contribution >= 0.6 is 8.46 Å². The molecule has 0 aliphatic carbocycles. The van der Waals surface area contributed by atoms with Gasteiger partial charge in [-0.1, -0.05) is 16.7 Å². The Bertz CT molecular complexity index is 338. The molecule has 2 unspecified atom stereocenters. The number of benzene rings is 1. The van der Waals surface area contributed by atoms with Gasteiger partial charge in [0.15, 0.2) is 0 Å². The average molecular weight is 194 g/mol. The second kappa shape index (κ2) is 3.47. The summed E-state index contributed by atoms with van der Waals surface area (Å²) in [5, 5.41) is 4.32. The highest BCUT2D eigenvalue weighted by Gasteiger charge is 2.19. The molecule has 1 heterocycles. The smallest absolute Gasteiger partial charge is 0.365 e. The first-order valence-electron chi connectivity index (χ1n) is 4.58. The number of aryl methyl sites for hydroxylation is 1. The van der Waals surface area contributed by atoms with Crippen molar-refractivity contribution in [3.05, 3.63) is 23.8 Å². The lowest BCUT2D eigenvalue weighted by Gasteiger charge is -2.23. The van der Waals surface area contributed by atoms with E-state index in [0.29, 0.717) is 6.04 Å². The number of para-hydroxylation sites is 1. The molecule has 1 aromatic rings. The highest BCUT2D eigenvalue weighted by molar-refractivity contribution is 7.34. The molecule has 0 radical (unpaired) electrons. The Hall–Kier alpha value is -0.880. The molecule has 0 amide bonds. The van der Waals surface area contributed by atoms with Crippen molar-refractivity contribution in [2.24, 2.45) is 0 Å². The first-order chi connectivity index (χ1) is 6.31. The molecular weight excluding hydrogens is 181 g/mol. The Morgan fingerprint density at radius 3 is 3.15 bits per heavy atom. The van der Waals surface area contributed by atoms with E-state index in [1.54, 1.807) is 0 Å². The van der Waals surface area contributed by atoms with Gasteiger partial charge in [-0.05, 0) is 31.4 Å². The Morgan fingerprint density at radius 1 is 1.54 bits per heavy atom. The van der Waals surface area contributed by atoms with Gasteiger partial charge < -0.3 is 5.32 Å². The van der Waals surface area contributed by atoms with E-state index in [1.807, 2.05) is 12.1 Å². The first-order valence-corrected chi connectivity index (χ1v) is 5.48. The Labute approximate surface area is 79.6 Å². The molecular formula is C10H13NOP+. The molecule has 0 saturated carbocycles. The van der Waals surface area contributed by atoms with Gasteiger partial charge in [-0.15, -0.1) is 0 Å². The normalized spacial score (nSPS) is 20.8. The second-order valence-corrected chi connectivity index (χ2v) is 4.27. The summed E-state index contributed by atoms with van der Waals surface area (Å²) in [7, 11) is -0.354. The number of fused-ring (bicyclic) bond motifs is 1. The van der Waals surface area contributed by atoms with Crippen LogP contribution in [0.15, 0.2) is 18.2 Å². The average Bonchev–Trinajstić information content (AvgIpc) is 2.17. The summed E-state index contributed by atoms with van der Waals surface area (Å²) in [6, 6.07) is 6.52. The highest BCUT2D eigenvalue weighted by Crippen LogP contribution is 2.24. The van der Waals surface area contributed by atoms with Crippen LogP contribution in [0.5, 0.6) is 0 Å². The van der Waals surface area contributed by atoms with E-state index >= 15 is 0 Å². The summed E-state index contributed by atoms with van der Waals surface area (Å²) < 4.78 is 10.9. The topological polar surface area (TPSA) is 29.1 Å². The van der Waals surface area contributed by atoms with Gasteiger partial charge in [0, 0.05) is 6.04 Å². The van der Waals surface area contributed by atoms with Gasteiger partial charge in [0.25, 0.3) is 0 Å². The number of rotatable bonds is 1. The number of hydrogen-bond donors (Lipinski definition) is 1. The predicted octanol–water partition coefficient (Wildman–Crippen LogP) is 2.08. The lowest BCUT2D eigenvalue weighted by Crippen LogP contribution is -2.25. The van der Waals surface area contributed by atoms with Crippen molar-refractivity contribution < 1.29 is 4.57 Å². The Kier molecular flexibility index (Phi) is 2.32. The van der Waals surface area contributed by atoms with E-state index in [1.165, 1.54) is 12.0 Å². The maximum atomic E-state index is 10.9. The summed E-state index contributed by atoms with van der Waals surface area (Å²) in [4.78, 5) is 0. The minimum atomic E-state index is -0.354. The van der Waals surface area contributed by atoms with Gasteiger partial charge in [-0.3, -0.25) is 0 Å². The fourth-order valence-corrected chi connectivity index (χ4v) is 2.25. The van der Waals surface area contributed by atoms with E-state index in [-0.39, 0.29) is 8.46 Å². The van der Waals surface area contributed by atoms with Crippen molar-refractivity contribution in [3.63, 3.8) is 0 Å². The number of anilines is 1. The molecule has 68 valence electrons. The molecule has 1 aliphatic heterocycles. The molecule has 13 heavy (non-hydrogen) atoms. The third-order valence-corrected chi connectivity index (χ3v) is 3.13. The summed E-state index contributed by atoms with van der Waals surface area (Å²) in [6.45, 7) is 2.16. The SMILES string of the molecule is CC1CCc2cccc([PH+]=O)c2N1. The standard InChI is InChI=1S/C10H12NOP/c1-7-5-6-8-3-2-4-9(13-12)10(8)11-7/h2-4,7,11H,5-6H2,1H3/p+1. The fraction of sp³-hybridized carbons (Fsp3) is 0.400. The fourth-order valence-electron chi connectivity index (χ4n) is 1.75. The number of nitrogens with one attached hydrogen (secondary N) is 1. The third-order valence-electron chi connectivity index (χ3n) is 2.50. The van der Waals surface area contributed by atoms with Crippen LogP contribution in [0.4, 0.5) is 5.69 Å². The highest BCUT2D eigenvalue weighted by atomic mass is 31.1. The van der Waals surface area contributed by atoms with Crippen LogP contribution in [0.2, 0.25) is 0 Å². The predicted molar refractivity (Wildman–Crippen MR) is 56.5 cm³/mol. The zero-order chi connectivity index (χ0) is 9.26. The Morgan fingerprint density at radius 2 is 2.38 bits per heavy atom.